The van der Waals surface area contributed by atoms with E-state index in [-0.39, 0.29) is 17.7 Å². The summed E-state index contributed by atoms with van der Waals surface area (Å²) in [7, 11) is 0. The lowest BCUT2D eigenvalue weighted by molar-refractivity contribution is -0.141. The van der Waals surface area contributed by atoms with Gasteiger partial charge in [0.25, 0.3) is 11.8 Å². The zero-order valence-corrected chi connectivity index (χ0v) is 25.0. The minimum absolute atomic E-state index is 0.0412. The van der Waals surface area contributed by atoms with Crippen LogP contribution in [-0.4, -0.2) is 32.2 Å². The second-order valence-electron chi connectivity index (χ2n) is 9.90. The molecule has 2 amide bonds. The first-order valence-electron chi connectivity index (χ1n) is 13.7. The quantitative estimate of drug-likeness (QED) is 0.0855. The van der Waals surface area contributed by atoms with E-state index in [2.05, 4.69) is 19.1 Å². The first-order chi connectivity index (χ1) is 20.4. The first kappa shape index (κ1) is 29.1. The molecule has 1 aliphatic heterocycles. The van der Waals surface area contributed by atoms with Crippen LogP contribution < -0.4 is 0 Å². The number of nitriles is 1. The molecule has 1 aromatic heterocycles. The van der Waals surface area contributed by atoms with Crippen LogP contribution in [0.15, 0.2) is 107 Å². The van der Waals surface area contributed by atoms with Crippen LogP contribution in [0.2, 0.25) is 5.02 Å². The Bertz CT molecular complexity index is 1730. The normalized spacial score (nSPS) is 14.5. The van der Waals surface area contributed by atoms with Gasteiger partial charge in [-0.2, -0.15) is 10.4 Å². The van der Waals surface area contributed by atoms with Crippen LogP contribution in [0, 0.1) is 11.3 Å². The van der Waals surface area contributed by atoms with Crippen molar-refractivity contribution in [2.45, 2.75) is 38.1 Å². The van der Waals surface area contributed by atoms with E-state index in [4.69, 9.17) is 16.7 Å². The summed E-state index contributed by atoms with van der Waals surface area (Å²) < 4.78 is 1.77. The van der Waals surface area contributed by atoms with E-state index in [0.29, 0.717) is 27.4 Å². The van der Waals surface area contributed by atoms with E-state index >= 15 is 0 Å². The maximum absolute atomic E-state index is 13.8. The van der Waals surface area contributed by atoms with Crippen molar-refractivity contribution in [3.63, 3.8) is 0 Å². The van der Waals surface area contributed by atoms with E-state index in [0.717, 1.165) is 34.7 Å². The minimum Gasteiger partial charge on any atom is -0.269 e. The third-order valence-electron chi connectivity index (χ3n) is 7.07. The molecule has 0 radical (unpaired) electrons. The molecular formula is C34H29ClN4O2S. The molecule has 0 atom stereocenters. The topological polar surface area (TPSA) is 79.0 Å². The van der Waals surface area contributed by atoms with Crippen LogP contribution in [-0.2, 0) is 16.1 Å². The van der Waals surface area contributed by atoms with Gasteiger partial charge in [0.2, 0.25) is 0 Å². The summed E-state index contributed by atoms with van der Waals surface area (Å²) in [4.78, 5) is 29.3. The summed E-state index contributed by atoms with van der Waals surface area (Å²) >= 11 is 8.17. The molecule has 42 heavy (non-hydrogen) atoms. The number of rotatable bonds is 9. The SMILES string of the molecule is CCCCSc1ccc(-c2nn(-c3ccccc3)cc2/C=C2/C(=O)N(Cc3ccccc3Cl)C(=O)C(C#N)=C2C)cc1. The van der Waals surface area contributed by atoms with Crippen molar-refractivity contribution in [1.29, 1.82) is 5.26 Å². The summed E-state index contributed by atoms with van der Waals surface area (Å²) in [6.07, 6.45) is 5.91. The molecule has 0 unspecified atom stereocenters. The van der Waals surface area contributed by atoms with Crippen LogP contribution >= 0.6 is 23.4 Å². The van der Waals surface area contributed by atoms with Crippen LogP contribution in [0.1, 0.15) is 37.8 Å². The Morgan fingerprint density at radius 3 is 2.38 bits per heavy atom. The van der Waals surface area contributed by atoms with Crippen molar-refractivity contribution in [2.24, 2.45) is 0 Å². The molecule has 3 aromatic carbocycles. The zero-order valence-electron chi connectivity index (χ0n) is 23.4. The summed E-state index contributed by atoms with van der Waals surface area (Å²) in [5.74, 6) is -0.0558. The Morgan fingerprint density at radius 1 is 0.976 bits per heavy atom. The van der Waals surface area contributed by atoms with Crippen molar-refractivity contribution in [1.82, 2.24) is 14.7 Å². The highest BCUT2D eigenvalue weighted by Crippen LogP contribution is 2.33. The van der Waals surface area contributed by atoms with Crippen LogP contribution in [0.3, 0.4) is 0 Å². The van der Waals surface area contributed by atoms with Crippen molar-refractivity contribution in [2.75, 3.05) is 5.75 Å². The van der Waals surface area contributed by atoms with Crippen molar-refractivity contribution in [3.05, 3.63) is 118 Å². The Hall–Kier alpha value is -4.38. The lowest BCUT2D eigenvalue weighted by Crippen LogP contribution is -2.42. The minimum atomic E-state index is -0.631. The highest BCUT2D eigenvalue weighted by atomic mass is 35.5. The number of carbonyl (C=O) groups excluding carboxylic acids is 2. The van der Waals surface area contributed by atoms with Crippen LogP contribution in [0.5, 0.6) is 0 Å². The summed E-state index contributed by atoms with van der Waals surface area (Å²) in [6, 6.07) is 27.0. The van der Waals surface area contributed by atoms with Gasteiger partial charge < -0.3 is 0 Å². The largest absolute Gasteiger partial charge is 0.271 e. The number of benzene rings is 3. The van der Waals surface area contributed by atoms with Gasteiger partial charge in [0.05, 0.1) is 17.9 Å². The Morgan fingerprint density at radius 2 is 1.69 bits per heavy atom. The third-order valence-corrected chi connectivity index (χ3v) is 8.54. The molecular weight excluding hydrogens is 564 g/mol. The van der Waals surface area contributed by atoms with Gasteiger partial charge in [-0.1, -0.05) is 73.5 Å². The fraction of sp³-hybridized carbons (Fsp3) is 0.176. The van der Waals surface area contributed by atoms with E-state index in [9.17, 15) is 14.9 Å². The zero-order chi connectivity index (χ0) is 29.6. The predicted molar refractivity (Wildman–Crippen MR) is 168 cm³/mol. The van der Waals surface area contributed by atoms with E-state index in [1.807, 2.05) is 66.5 Å². The average molecular weight is 593 g/mol. The number of para-hydroxylation sites is 1. The molecule has 0 spiro atoms. The van der Waals surface area contributed by atoms with Crippen molar-refractivity contribution >= 4 is 41.3 Å². The number of imide groups is 1. The van der Waals surface area contributed by atoms with Gasteiger partial charge in [-0.25, -0.2) is 4.68 Å². The number of carbonyl (C=O) groups is 2. The number of nitrogens with zero attached hydrogens (tertiary/aromatic N) is 4. The van der Waals surface area contributed by atoms with E-state index in [1.165, 1.54) is 4.90 Å². The van der Waals surface area contributed by atoms with Gasteiger partial charge in [0.1, 0.15) is 11.6 Å². The maximum atomic E-state index is 13.8. The molecule has 0 N–H and O–H groups in total. The molecule has 2 heterocycles. The lowest BCUT2D eigenvalue weighted by Gasteiger charge is -2.27. The van der Waals surface area contributed by atoms with Crippen molar-refractivity contribution in [3.8, 4) is 23.0 Å². The molecule has 5 rings (SSSR count). The van der Waals surface area contributed by atoms with Crippen LogP contribution in [0.4, 0.5) is 0 Å². The first-order valence-corrected chi connectivity index (χ1v) is 15.1. The van der Waals surface area contributed by atoms with Crippen molar-refractivity contribution < 1.29 is 9.59 Å². The monoisotopic (exact) mass is 592 g/mol. The number of amides is 2. The van der Waals surface area contributed by atoms with E-state index < -0.39 is 11.8 Å². The fourth-order valence-electron chi connectivity index (χ4n) is 4.70. The molecule has 210 valence electrons. The molecule has 4 aromatic rings. The third kappa shape index (κ3) is 6.11. The lowest BCUT2D eigenvalue weighted by atomic mass is 9.93. The highest BCUT2D eigenvalue weighted by Gasteiger charge is 2.36. The van der Waals surface area contributed by atoms with Crippen LogP contribution in [0.25, 0.3) is 23.0 Å². The second kappa shape index (κ2) is 13.1. The van der Waals surface area contributed by atoms with Gasteiger partial charge in [-0.3, -0.25) is 14.5 Å². The molecule has 0 aliphatic carbocycles. The summed E-state index contributed by atoms with van der Waals surface area (Å²) in [5, 5.41) is 15.2. The Kier molecular flexibility index (Phi) is 9.06. The fourth-order valence-corrected chi connectivity index (χ4v) is 5.89. The number of aromatic nitrogens is 2. The number of hydrogen-bond donors (Lipinski definition) is 0. The van der Waals surface area contributed by atoms with Gasteiger partial charge in [0.15, 0.2) is 0 Å². The number of thioether (sulfide) groups is 1. The molecule has 0 bridgehead atoms. The number of unbranched alkanes of at least 4 members (excludes halogenated alkanes) is 1. The van der Waals surface area contributed by atoms with Gasteiger partial charge in [-0.15, -0.1) is 11.8 Å². The Balaban J connectivity index is 1.59. The van der Waals surface area contributed by atoms with Gasteiger partial charge >= 0.3 is 0 Å². The molecule has 6 nitrogen and oxygen atoms in total. The van der Waals surface area contributed by atoms with Gasteiger partial charge in [-0.05, 0) is 66.6 Å². The number of hydrogen-bond acceptors (Lipinski definition) is 5. The highest BCUT2D eigenvalue weighted by molar-refractivity contribution is 7.99. The summed E-state index contributed by atoms with van der Waals surface area (Å²) in [6.45, 7) is 3.78. The predicted octanol–water partition coefficient (Wildman–Crippen LogP) is 7.88. The smallest absolute Gasteiger partial charge is 0.269 e. The maximum Gasteiger partial charge on any atom is 0.271 e. The molecule has 0 saturated heterocycles. The standard InChI is InChI=1S/C34H29ClN4O2S/c1-3-4-18-42-28-16-14-24(15-17-28)32-26(22-39(37-32)27-11-6-5-7-12-27)19-29-23(2)30(20-36)34(41)38(33(29)40)21-25-10-8-9-13-31(25)35/h5-17,19,22H,3-4,18,21H2,1-2H3/b29-19+. The second-order valence-corrected chi connectivity index (χ2v) is 11.5. The van der Waals surface area contributed by atoms with E-state index in [1.54, 1.807) is 41.9 Å². The number of halogens is 1. The molecule has 1 aliphatic rings. The Labute approximate surface area is 254 Å². The average Bonchev–Trinajstić information content (AvgIpc) is 3.43. The molecule has 0 saturated carbocycles. The summed E-state index contributed by atoms with van der Waals surface area (Å²) in [5.41, 5.74) is 4.28. The molecule has 0 fully saturated rings. The van der Waals surface area contributed by atoms with Gasteiger partial charge in [0, 0.05) is 32.8 Å². The molecule has 8 heteroatoms.